The molecule has 0 radical (unpaired) electrons. The number of aromatic nitrogens is 5. The van der Waals surface area contributed by atoms with Crippen LogP contribution in [0.4, 0.5) is 5.82 Å². The molecule has 0 spiro atoms. The lowest BCUT2D eigenvalue weighted by atomic mass is 10.3. The molecule has 0 aliphatic carbocycles. The van der Waals surface area contributed by atoms with Gasteiger partial charge in [0, 0.05) is 12.7 Å². The Morgan fingerprint density at radius 2 is 2.32 bits per heavy atom. The van der Waals surface area contributed by atoms with Crippen molar-refractivity contribution in [2.45, 2.75) is 26.5 Å². The summed E-state index contributed by atoms with van der Waals surface area (Å²) in [7, 11) is 0. The van der Waals surface area contributed by atoms with Gasteiger partial charge in [-0.2, -0.15) is 5.10 Å². The summed E-state index contributed by atoms with van der Waals surface area (Å²) in [4.78, 5) is 12.5. The Balaban J connectivity index is 2.09. The number of hydrogen-bond acceptors (Lipinski definition) is 6. The van der Waals surface area contributed by atoms with Gasteiger partial charge >= 0.3 is 0 Å². The lowest BCUT2D eigenvalue weighted by Crippen LogP contribution is -2.11. The monoisotopic (exact) mass is 282 g/mol. The molecule has 0 amide bonds. The second-order valence-corrected chi connectivity index (χ2v) is 4.25. The molecule has 0 saturated carbocycles. The fourth-order valence-electron chi connectivity index (χ4n) is 1.51. The van der Waals surface area contributed by atoms with Crippen molar-refractivity contribution >= 4 is 17.4 Å². The van der Waals surface area contributed by atoms with E-state index in [1.165, 1.54) is 6.33 Å². The van der Waals surface area contributed by atoms with Crippen LogP contribution in [0.3, 0.4) is 0 Å². The van der Waals surface area contributed by atoms with Gasteiger partial charge in [-0.15, -0.1) is 0 Å². The number of nitrogens with one attached hydrogen (secondary N) is 2. The van der Waals surface area contributed by atoms with E-state index in [0.29, 0.717) is 30.0 Å². The smallest absolute Gasteiger partial charge is 0.158 e. The Hall–Kier alpha value is -1.73. The van der Waals surface area contributed by atoms with E-state index >= 15 is 0 Å². The molecule has 2 rings (SSSR count). The molecule has 2 N–H and O–H groups in total. The van der Waals surface area contributed by atoms with Crippen LogP contribution < -0.4 is 5.32 Å². The predicted octanol–water partition coefficient (Wildman–Crippen LogP) is 1.96. The second-order valence-electron chi connectivity index (χ2n) is 3.87. The minimum absolute atomic E-state index is 0.0617. The zero-order chi connectivity index (χ0) is 13.7. The molecule has 0 aliphatic heterocycles. The minimum Gasteiger partial charge on any atom is -0.374 e. The SMILES string of the molecule is CCOCc1nc(Cl)cc(NC(C)c2ncn[nH]2)n1. The van der Waals surface area contributed by atoms with Gasteiger partial charge in [-0.05, 0) is 13.8 Å². The zero-order valence-electron chi connectivity index (χ0n) is 10.7. The highest BCUT2D eigenvalue weighted by Crippen LogP contribution is 2.17. The maximum absolute atomic E-state index is 5.95. The van der Waals surface area contributed by atoms with Crippen molar-refractivity contribution in [1.29, 1.82) is 0 Å². The van der Waals surface area contributed by atoms with Gasteiger partial charge in [-0.1, -0.05) is 11.6 Å². The van der Waals surface area contributed by atoms with Crippen LogP contribution in [0.5, 0.6) is 0 Å². The van der Waals surface area contributed by atoms with Gasteiger partial charge in [0.15, 0.2) is 5.82 Å². The fraction of sp³-hybridized carbons (Fsp3) is 0.455. The highest BCUT2D eigenvalue weighted by Gasteiger charge is 2.10. The summed E-state index contributed by atoms with van der Waals surface area (Å²) in [5.74, 6) is 1.89. The number of nitrogens with zero attached hydrogens (tertiary/aromatic N) is 4. The van der Waals surface area contributed by atoms with E-state index < -0.39 is 0 Å². The third-order valence-electron chi connectivity index (χ3n) is 2.38. The largest absolute Gasteiger partial charge is 0.374 e. The molecule has 0 saturated heterocycles. The summed E-state index contributed by atoms with van der Waals surface area (Å²) in [6.07, 6.45) is 1.46. The Bertz CT molecular complexity index is 518. The molecule has 7 nitrogen and oxygen atoms in total. The highest BCUT2D eigenvalue weighted by atomic mass is 35.5. The summed E-state index contributed by atoms with van der Waals surface area (Å²) in [6.45, 7) is 4.80. The average Bonchev–Trinajstić information content (AvgIpc) is 2.89. The zero-order valence-corrected chi connectivity index (χ0v) is 11.5. The van der Waals surface area contributed by atoms with Crippen molar-refractivity contribution in [2.24, 2.45) is 0 Å². The van der Waals surface area contributed by atoms with E-state index in [1.807, 2.05) is 13.8 Å². The number of rotatable bonds is 6. The summed E-state index contributed by atoms with van der Waals surface area (Å²) < 4.78 is 5.27. The van der Waals surface area contributed by atoms with Crippen LogP contribution >= 0.6 is 11.6 Å². The van der Waals surface area contributed by atoms with Crippen molar-refractivity contribution in [3.05, 3.63) is 29.2 Å². The lowest BCUT2D eigenvalue weighted by molar-refractivity contribution is 0.128. The predicted molar refractivity (Wildman–Crippen MR) is 70.8 cm³/mol. The van der Waals surface area contributed by atoms with Crippen LogP contribution in [0.1, 0.15) is 31.5 Å². The first-order valence-electron chi connectivity index (χ1n) is 5.92. The van der Waals surface area contributed by atoms with Gasteiger partial charge in [-0.3, -0.25) is 5.10 Å². The Morgan fingerprint density at radius 3 is 3.00 bits per heavy atom. The highest BCUT2D eigenvalue weighted by molar-refractivity contribution is 6.29. The van der Waals surface area contributed by atoms with Crippen LogP contribution in [0.15, 0.2) is 12.4 Å². The maximum atomic E-state index is 5.95. The van der Waals surface area contributed by atoms with Gasteiger partial charge in [0.25, 0.3) is 0 Å². The van der Waals surface area contributed by atoms with Crippen molar-refractivity contribution in [2.75, 3.05) is 11.9 Å². The number of ether oxygens (including phenoxy) is 1. The summed E-state index contributed by atoms with van der Waals surface area (Å²) in [6, 6.07) is 1.59. The van der Waals surface area contributed by atoms with Crippen molar-refractivity contribution < 1.29 is 4.74 Å². The van der Waals surface area contributed by atoms with Crippen LogP contribution in [-0.4, -0.2) is 31.8 Å². The normalized spacial score (nSPS) is 12.4. The molecular weight excluding hydrogens is 268 g/mol. The van der Waals surface area contributed by atoms with Crippen LogP contribution in [0.25, 0.3) is 0 Å². The van der Waals surface area contributed by atoms with E-state index in [1.54, 1.807) is 6.07 Å². The third-order valence-corrected chi connectivity index (χ3v) is 2.58. The first kappa shape index (κ1) is 13.7. The quantitative estimate of drug-likeness (QED) is 0.787. The molecule has 0 bridgehead atoms. The van der Waals surface area contributed by atoms with Crippen LogP contribution in [0, 0.1) is 0 Å². The van der Waals surface area contributed by atoms with Gasteiger partial charge in [-0.25, -0.2) is 15.0 Å². The van der Waals surface area contributed by atoms with Crippen molar-refractivity contribution in [3.8, 4) is 0 Å². The summed E-state index contributed by atoms with van der Waals surface area (Å²) in [5.41, 5.74) is 0. The molecule has 0 aromatic carbocycles. The van der Waals surface area contributed by atoms with E-state index in [0.717, 1.165) is 5.82 Å². The number of aromatic amines is 1. The topological polar surface area (TPSA) is 88.6 Å². The van der Waals surface area contributed by atoms with Crippen LogP contribution in [-0.2, 0) is 11.3 Å². The standard InChI is InChI=1S/C11H15ClN6O/c1-3-19-5-10-16-8(12)4-9(17-10)15-7(2)11-13-6-14-18-11/h4,6-7H,3,5H2,1-2H3,(H,13,14,18)(H,15,16,17). The molecular formula is C11H15ClN6O. The lowest BCUT2D eigenvalue weighted by Gasteiger charge is -2.12. The molecule has 0 fully saturated rings. The number of H-pyrrole nitrogens is 1. The number of anilines is 1. The number of halogens is 1. The molecule has 8 heteroatoms. The summed E-state index contributed by atoms with van der Waals surface area (Å²) >= 11 is 5.95. The molecule has 1 atom stereocenters. The van der Waals surface area contributed by atoms with E-state index in [4.69, 9.17) is 16.3 Å². The Kier molecular flexibility index (Phi) is 4.64. The van der Waals surface area contributed by atoms with Gasteiger partial charge in [0.05, 0.1) is 6.04 Å². The van der Waals surface area contributed by atoms with E-state index in [-0.39, 0.29) is 6.04 Å². The molecule has 1 unspecified atom stereocenters. The first-order chi connectivity index (χ1) is 9.19. The molecule has 2 aromatic heterocycles. The number of hydrogen-bond donors (Lipinski definition) is 2. The third kappa shape index (κ3) is 3.87. The summed E-state index contributed by atoms with van der Waals surface area (Å²) in [5, 5.41) is 10.2. The van der Waals surface area contributed by atoms with Gasteiger partial charge in [0.2, 0.25) is 0 Å². The average molecular weight is 283 g/mol. The molecule has 2 heterocycles. The van der Waals surface area contributed by atoms with Gasteiger partial charge in [0.1, 0.15) is 29.7 Å². The van der Waals surface area contributed by atoms with Gasteiger partial charge < -0.3 is 10.1 Å². The Morgan fingerprint density at radius 1 is 1.47 bits per heavy atom. The van der Waals surface area contributed by atoms with Crippen LogP contribution in [0.2, 0.25) is 5.15 Å². The van der Waals surface area contributed by atoms with Crippen molar-refractivity contribution in [3.63, 3.8) is 0 Å². The molecule has 0 aliphatic rings. The van der Waals surface area contributed by atoms with E-state index in [2.05, 4.69) is 30.5 Å². The van der Waals surface area contributed by atoms with E-state index in [9.17, 15) is 0 Å². The Labute approximate surface area is 115 Å². The maximum Gasteiger partial charge on any atom is 0.158 e. The second kappa shape index (κ2) is 6.44. The first-order valence-corrected chi connectivity index (χ1v) is 6.30. The fourth-order valence-corrected chi connectivity index (χ4v) is 1.71. The van der Waals surface area contributed by atoms with Crippen molar-refractivity contribution in [1.82, 2.24) is 25.1 Å². The molecule has 2 aromatic rings. The molecule has 102 valence electrons. The molecule has 19 heavy (non-hydrogen) atoms. The minimum atomic E-state index is -0.0617.